The highest BCUT2D eigenvalue weighted by atomic mass is 32.2. The second-order valence-electron chi connectivity index (χ2n) is 4.02. The van der Waals surface area contributed by atoms with Gasteiger partial charge in [-0.25, -0.2) is 9.67 Å². The third-order valence-corrected chi connectivity index (χ3v) is 4.14. The summed E-state index contributed by atoms with van der Waals surface area (Å²) >= 11 is 0. The van der Waals surface area contributed by atoms with Crippen molar-refractivity contribution in [3.05, 3.63) is 12.2 Å². The summed E-state index contributed by atoms with van der Waals surface area (Å²) in [6, 6.07) is 0. The van der Waals surface area contributed by atoms with Crippen molar-refractivity contribution in [1.82, 2.24) is 14.8 Å². The lowest BCUT2D eigenvalue weighted by atomic mass is 10.3. The molecule has 6 nitrogen and oxygen atoms in total. The van der Waals surface area contributed by atoms with E-state index in [2.05, 4.69) is 14.8 Å². The summed E-state index contributed by atoms with van der Waals surface area (Å²) in [7, 11) is 0.175. The smallest absolute Gasteiger partial charge is 0.306 e. The first-order valence-corrected chi connectivity index (χ1v) is 7.27. The van der Waals surface area contributed by atoms with Crippen molar-refractivity contribution in [3.63, 3.8) is 0 Å². The van der Waals surface area contributed by atoms with E-state index in [1.165, 1.54) is 13.4 Å². The predicted molar refractivity (Wildman–Crippen MR) is 68.3 cm³/mol. The number of carbonyl (C=O) groups is 1. The van der Waals surface area contributed by atoms with Crippen molar-refractivity contribution < 1.29 is 13.7 Å². The molecule has 102 valence electrons. The van der Waals surface area contributed by atoms with E-state index in [4.69, 9.17) is 0 Å². The number of aromatic nitrogens is 3. The van der Waals surface area contributed by atoms with Gasteiger partial charge in [-0.05, 0) is 6.42 Å². The molecule has 7 heteroatoms. The van der Waals surface area contributed by atoms with Crippen LogP contribution in [0.5, 0.6) is 0 Å². The molecule has 0 amide bonds. The standard InChI is InChI=1S/C11H19N3O3S/c1-4-5-14-10(12-8-13-14)7-18(16)9(2)6-11(15)17-3/h8-9H,4-7H2,1-3H3. The molecule has 0 aliphatic heterocycles. The quantitative estimate of drug-likeness (QED) is 0.690. The lowest BCUT2D eigenvalue weighted by molar-refractivity contribution is -0.140. The fourth-order valence-electron chi connectivity index (χ4n) is 1.48. The molecule has 0 fully saturated rings. The number of methoxy groups -OCH3 is 1. The Kier molecular flexibility index (Phi) is 5.97. The van der Waals surface area contributed by atoms with Gasteiger partial charge in [0.05, 0.1) is 19.3 Å². The van der Waals surface area contributed by atoms with Gasteiger partial charge in [-0.1, -0.05) is 13.8 Å². The second kappa shape index (κ2) is 7.25. The largest absolute Gasteiger partial charge is 0.469 e. The van der Waals surface area contributed by atoms with Crippen molar-refractivity contribution in [1.29, 1.82) is 0 Å². The highest BCUT2D eigenvalue weighted by Crippen LogP contribution is 2.09. The van der Waals surface area contributed by atoms with Crippen LogP contribution in [-0.4, -0.2) is 37.3 Å². The van der Waals surface area contributed by atoms with E-state index >= 15 is 0 Å². The van der Waals surface area contributed by atoms with Crippen LogP contribution in [0.1, 0.15) is 32.5 Å². The number of hydrogen-bond donors (Lipinski definition) is 0. The van der Waals surface area contributed by atoms with Crippen LogP contribution in [0.4, 0.5) is 0 Å². The Morgan fingerprint density at radius 2 is 2.33 bits per heavy atom. The van der Waals surface area contributed by atoms with E-state index in [0.717, 1.165) is 13.0 Å². The molecule has 0 aromatic carbocycles. The van der Waals surface area contributed by atoms with Crippen LogP contribution in [0.25, 0.3) is 0 Å². The first-order chi connectivity index (χ1) is 8.58. The van der Waals surface area contributed by atoms with Gasteiger partial charge in [0.15, 0.2) is 0 Å². The monoisotopic (exact) mass is 273 g/mol. The SMILES string of the molecule is CCCn1ncnc1CS(=O)C(C)CC(=O)OC. The number of carbonyl (C=O) groups excluding carboxylic acids is 1. The van der Waals surface area contributed by atoms with Crippen molar-refractivity contribution in [2.24, 2.45) is 0 Å². The van der Waals surface area contributed by atoms with E-state index < -0.39 is 10.8 Å². The number of ether oxygens (including phenoxy) is 1. The van der Waals surface area contributed by atoms with Crippen molar-refractivity contribution in [3.8, 4) is 0 Å². The Morgan fingerprint density at radius 1 is 1.61 bits per heavy atom. The Morgan fingerprint density at radius 3 is 2.94 bits per heavy atom. The maximum Gasteiger partial charge on any atom is 0.306 e. The van der Waals surface area contributed by atoms with Crippen LogP contribution >= 0.6 is 0 Å². The third kappa shape index (κ3) is 4.21. The molecular weight excluding hydrogens is 254 g/mol. The molecule has 1 rings (SSSR count). The van der Waals surface area contributed by atoms with E-state index in [1.54, 1.807) is 11.6 Å². The third-order valence-electron chi connectivity index (χ3n) is 2.53. The summed E-state index contributed by atoms with van der Waals surface area (Å²) in [6.45, 7) is 4.58. The van der Waals surface area contributed by atoms with Gasteiger partial charge in [-0.2, -0.15) is 5.10 Å². The molecule has 0 aliphatic carbocycles. The van der Waals surface area contributed by atoms with E-state index in [-0.39, 0.29) is 17.6 Å². The zero-order chi connectivity index (χ0) is 13.5. The summed E-state index contributed by atoms with van der Waals surface area (Å²) in [6.07, 6.45) is 2.57. The van der Waals surface area contributed by atoms with Crippen molar-refractivity contribution in [2.75, 3.05) is 7.11 Å². The summed E-state index contributed by atoms with van der Waals surface area (Å²) in [5, 5.41) is 3.83. The fourth-order valence-corrected chi connectivity index (χ4v) is 2.56. The number of hydrogen-bond acceptors (Lipinski definition) is 5. The molecule has 1 aromatic heterocycles. The molecule has 2 atom stereocenters. The average Bonchev–Trinajstić information content (AvgIpc) is 2.77. The van der Waals surface area contributed by atoms with Crippen LogP contribution in [0, 0.1) is 0 Å². The van der Waals surface area contributed by atoms with Gasteiger partial charge < -0.3 is 4.74 Å². The van der Waals surface area contributed by atoms with E-state index in [1.807, 2.05) is 6.92 Å². The Labute approximate surface area is 109 Å². The summed E-state index contributed by atoms with van der Waals surface area (Å²) < 4.78 is 18.4. The minimum Gasteiger partial charge on any atom is -0.469 e. The van der Waals surface area contributed by atoms with Gasteiger partial charge in [0.1, 0.15) is 12.2 Å². The molecule has 2 unspecified atom stereocenters. The molecule has 0 saturated heterocycles. The topological polar surface area (TPSA) is 74.1 Å². The minimum atomic E-state index is -1.15. The molecule has 1 aromatic rings. The number of rotatable bonds is 7. The average molecular weight is 273 g/mol. The van der Waals surface area contributed by atoms with Gasteiger partial charge in [0, 0.05) is 22.6 Å². The molecule has 0 bridgehead atoms. The van der Waals surface area contributed by atoms with Crippen molar-refractivity contribution in [2.45, 2.75) is 44.2 Å². The Hall–Kier alpha value is -1.24. The van der Waals surface area contributed by atoms with Crippen LogP contribution in [0.15, 0.2) is 6.33 Å². The van der Waals surface area contributed by atoms with Crippen LogP contribution in [0.3, 0.4) is 0 Å². The zero-order valence-electron chi connectivity index (χ0n) is 11.0. The molecule has 0 saturated carbocycles. The van der Waals surface area contributed by atoms with Gasteiger partial charge in [0.2, 0.25) is 0 Å². The van der Waals surface area contributed by atoms with Gasteiger partial charge in [0.25, 0.3) is 0 Å². The fraction of sp³-hybridized carbons (Fsp3) is 0.727. The zero-order valence-corrected chi connectivity index (χ0v) is 11.8. The normalized spacial score (nSPS) is 14.2. The van der Waals surface area contributed by atoms with Crippen LogP contribution in [-0.2, 0) is 32.6 Å². The summed E-state index contributed by atoms with van der Waals surface area (Å²) in [4.78, 5) is 15.2. The molecule has 1 heterocycles. The minimum absolute atomic E-state index is 0.158. The number of aryl methyl sites for hydroxylation is 1. The molecule has 18 heavy (non-hydrogen) atoms. The maximum atomic E-state index is 12.0. The molecule has 0 N–H and O–H groups in total. The van der Waals surface area contributed by atoms with Gasteiger partial charge in [-0.15, -0.1) is 0 Å². The van der Waals surface area contributed by atoms with Crippen LogP contribution < -0.4 is 0 Å². The highest BCUT2D eigenvalue weighted by molar-refractivity contribution is 7.84. The first kappa shape index (κ1) is 14.8. The predicted octanol–water partition coefficient (Wildman–Crippen LogP) is 0.888. The summed E-state index contributed by atoms with van der Waals surface area (Å²) in [5.74, 6) is 0.677. The lowest BCUT2D eigenvalue weighted by Crippen LogP contribution is -2.20. The van der Waals surface area contributed by atoms with Gasteiger partial charge >= 0.3 is 5.97 Å². The molecular formula is C11H19N3O3S. The molecule has 0 spiro atoms. The lowest BCUT2D eigenvalue weighted by Gasteiger charge is -2.10. The highest BCUT2D eigenvalue weighted by Gasteiger charge is 2.18. The number of nitrogens with zero attached hydrogens (tertiary/aromatic N) is 3. The Balaban J connectivity index is 2.58. The van der Waals surface area contributed by atoms with Crippen LogP contribution in [0.2, 0.25) is 0 Å². The van der Waals surface area contributed by atoms with Crippen molar-refractivity contribution >= 4 is 16.8 Å². The maximum absolute atomic E-state index is 12.0. The number of esters is 1. The molecule has 0 radical (unpaired) electrons. The van der Waals surface area contributed by atoms with Gasteiger partial charge in [-0.3, -0.25) is 9.00 Å². The summed E-state index contributed by atoms with van der Waals surface area (Å²) in [5.41, 5.74) is 0. The molecule has 0 aliphatic rings. The first-order valence-electron chi connectivity index (χ1n) is 5.89. The van der Waals surface area contributed by atoms with E-state index in [9.17, 15) is 9.00 Å². The Bertz CT molecular complexity index is 419. The second-order valence-corrected chi connectivity index (χ2v) is 5.87. The van der Waals surface area contributed by atoms with E-state index in [0.29, 0.717) is 11.6 Å².